The Bertz CT molecular complexity index is 792. The van der Waals surface area contributed by atoms with Crippen molar-refractivity contribution in [3.8, 4) is 0 Å². The van der Waals surface area contributed by atoms with Gasteiger partial charge in [0.05, 0.1) is 21.2 Å². The quantitative estimate of drug-likeness (QED) is 0.612. The molecule has 7 heteroatoms. The van der Waals surface area contributed by atoms with Crippen LogP contribution in [0.3, 0.4) is 0 Å². The largest absolute Gasteiger partial charge is 0.307 e. The van der Waals surface area contributed by atoms with Gasteiger partial charge in [0.25, 0.3) is 11.6 Å². The topological polar surface area (TPSA) is 63.5 Å². The normalized spacial score (nSPS) is 13.1. The number of carbonyl (C=O) groups is 1. The highest BCUT2D eigenvalue weighted by Crippen LogP contribution is 2.34. The first-order valence-corrected chi connectivity index (χ1v) is 7.27. The van der Waals surface area contributed by atoms with Crippen molar-refractivity contribution in [2.24, 2.45) is 0 Å². The molecule has 22 heavy (non-hydrogen) atoms. The van der Waals surface area contributed by atoms with Crippen LogP contribution >= 0.6 is 23.2 Å². The number of nitro benzene ring substituents is 1. The summed E-state index contributed by atoms with van der Waals surface area (Å²) < 4.78 is 0. The zero-order valence-electron chi connectivity index (χ0n) is 11.3. The number of amides is 1. The van der Waals surface area contributed by atoms with Crippen LogP contribution in [0.25, 0.3) is 0 Å². The van der Waals surface area contributed by atoms with Crippen LogP contribution in [-0.4, -0.2) is 17.4 Å². The molecule has 0 unspecified atom stereocenters. The molecule has 1 heterocycles. The first-order chi connectivity index (χ1) is 10.5. The smallest absolute Gasteiger partial charge is 0.271 e. The van der Waals surface area contributed by atoms with Gasteiger partial charge in [-0.1, -0.05) is 29.3 Å². The molecule has 0 saturated heterocycles. The molecule has 0 radical (unpaired) electrons. The van der Waals surface area contributed by atoms with E-state index >= 15 is 0 Å². The molecular formula is C15H10Cl2N2O3. The molecule has 0 aliphatic carbocycles. The van der Waals surface area contributed by atoms with Crippen LogP contribution in [0, 0.1) is 10.1 Å². The van der Waals surface area contributed by atoms with Crippen molar-refractivity contribution in [2.75, 3.05) is 11.4 Å². The van der Waals surface area contributed by atoms with E-state index in [1.165, 1.54) is 23.1 Å². The molecule has 0 atom stereocenters. The van der Waals surface area contributed by atoms with E-state index in [0.29, 0.717) is 29.2 Å². The summed E-state index contributed by atoms with van der Waals surface area (Å²) in [5, 5.41) is 11.6. The van der Waals surface area contributed by atoms with Gasteiger partial charge in [-0.15, -0.1) is 0 Å². The summed E-state index contributed by atoms with van der Waals surface area (Å²) in [5.41, 5.74) is 1.75. The zero-order valence-corrected chi connectivity index (χ0v) is 12.8. The molecule has 0 fully saturated rings. The molecule has 3 rings (SSSR count). The first kappa shape index (κ1) is 14.8. The van der Waals surface area contributed by atoms with E-state index in [9.17, 15) is 14.9 Å². The maximum absolute atomic E-state index is 12.7. The second kappa shape index (κ2) is 5.59. The molecule has 1 aliphatic rings. The Morgan fingerprint density at radius 3 is 2.64 bits per heavy atom. The molecule has 0 aromatic heterocycles. The molecular weight excluding hydrogens is 327 g/mol. The summed E-state index contributed by atoms with van der Waals surface area (Å²) in [6.45, 7) is 0.467. The maximum Gasteiger partial charge on any atom is 0.271 e. The lowest BCUT2D eigenvalue weighted by molar-refractivity contribution is -0.384. The molecule has 0 N–H and O–H groups in total. The van der Waals surface area contributed by atoms with Gasteiger partial charge in [-0.05, 0) is 30.2 Å². The third-order valence-electron chi connectivity index (χ3n) is 3.58. The van der Waals surface area contributed by atoms with Gasteiger partial charge in [-0.3, -0.25) is 14.9 Å². The van der Waals surface area contributed by atoms with E-state index in [0.717, 1.165) is 5.56 Å². The lowest BCUT2D eigenvalue weighted by Crippen LogP contribution is -2.29. The van der Waals surface area contributed by atoms with Crippen LogP contribution in [0.15, 0.2) is 36.4 Å². The van der Waals surface area contributed by atoms with Gasteiger partial charge in [0.2, 0.25) is 0 Å². The Morgan fingerprint density at radius 2 is 1.95 bits per heavy atom. The fourth-order valence-corrected chi connectivity index (χ4v) is 2.99. The van der Waals surface area contributed by atoms with Gasteiger partial charge in [-0.25, -0.2) is 0 Å². The number of benzene rings is 2. The van der Waals surface area contributed by atoms with Crippen LogP contribution in [-0.2, 0) is 6.42 Å². The van der Waals surface area contributed by atoms with E-state index in [1.54, 1.807) is 18.2 Å². The van der Waals surface area contributed by atoms with Gasteiger partial charge in [-0.2, -0.15) is 0 Å². The number of rotatable bonds is 2. The Balaban J connectivity index is 2.00. The number of nitrogens with zero attached hydrogens (tertiary/aromatic N) is 2. The van der Waals surface area contributed by atoms with E-state index in [4.69, 9.17) is 23.2 Å². The van der Waals surface area contributed by atoms with Crippen molar-refractivity contribution in [3.05, 3.63) is 67.7 Å². The number of fused-ring (bicyclic) bond motifs is 1. The van der Waals surface area contributed by atoms with E-state index in [1.807, 2.05) is 0 Å². The summed E-state index contributed by atoms with van der Waals surface area (Å²) in [6, 6.07) is 9.20. The predicted octanol–water partition coefficient (Wildman–Crippen LogP) is 4.10. The van der Waals surface area contributed by atoms with Crippen LogP contribution < -0.4 is 4.90 Å². The summed E-state index contributed by atoms with van der Waals surface area (Å²) in [5.74, 6) is -0.291. The van der Waals surface area contributed by atoms with Crippen LogP contribution in [0.1, 0.15) is 15.9 Å². The van der Waals surface area contributed by atoms with E-state index < -0.39 is 4.92 Å². The Kier molecular flexibility index (Phi) is 3.76. The molecule has 1 aliphatic heterocycles. The van der Waals surface area contributed by atoms with Crippen LogP contribution in [0.4, 0.5) is 11.4 Å². The number of carbonyl (C=O) groups excluding carboxylic acids is 1. The second-order valence-corrected chi connectivity index (χ2v) is 5.74. The van der Waals surface area contributed by atoms with Gasteiger partial charge >= 0.3 is 0 Å². The monoisotopic (exact) mass is 336 g/mol. The fraction of sp³-hybridized carbons (Fsp3) is 0.133. The highest BCUT2D eigenvalue weighted by Gasteiger charge is 2.28. The SMILES string of the molecule is O=C(c1ccc(Cl)cc1Cl)N1CCc2ccc([N+](=O)[O-])cc21. The van der Waals surface area contributed by atoms with Crippen molar-refractivity contribution in [3.63, 3.8) is 0 Å². The minimum atomic E-state index is -0.476. The zero-order chi connectivity index (χ0) is 15.9. The standard InChI is InChI=1S/C15H10Cl2N2O3/c16-10-2-4-12(13(17)7-10)15(20)18-6-5-9-1-3-11(19(21)22)8-14(9)18/h1-4,7-8H,5-6H2. The van der Waals surface area contributed by atoms with Crippen molar-refractivity contribution in [1.29, 1.82) is 0 Å². The summed E-state index contributed by atoms with van der Waals surface area (Å²) >= 11 is 11.9. The first-order valence-electron chi connectivity index (χ1n) is 6.51. The maximum atomic E-state index is 12.7. The molecule has 2 aromatic carbocycles. The molecule has 0 spiro atoms. The van der Waals surface area contributed by atoms with Crippen molar-refractivity contribution >= 4 is 40.5 Å². The minimum Gasteiger partial charge on any atom is -0.307 e. The number of nitro groups is 1. The van der Waals surface area contributed by atoms with Crippen LogP contribution in [0.2, 0.25) is 10.0 Å². The predicted molar refractivity (Wildman–Crippen MR) is 84.9 cm³/mol. The molecule has 0 bridgehead atoms. The van der Waals surface area contributed by atoms with Gasteiger partial charge in [0.1, 0.15) is 0 Å². The van der Waals surface area contributed by atoms with Crippen molar-refractivity contribution in [1.82, 2.24) is 0 Å². The number of hydrogen-bond acceptors (Lipinski definition) is 3. The average molecular weight is 337 g/mol. The Hall–Kier alpha value is -2.11. The summed E-state index contributed by atoms with van der Waals surface area (Å²) in [6.07, 6.45) is 0.657. The fourth-order valence-electron chi connectivity index (χ4n) is 2.50. The Morgan fingerprint density at radius 1 is 1.18 bits per heavy atom. The molecule has 1 amide bonds. The number of anilines is 1. The number of halogens is 2. The second-order valence-electron chi connectivity index (χ2n) is 4.90. The van der Waals surface area contributed by atoms with Gasteiger partial charge in [0.15, 0.2) is 0 Å². The lowest BCUT2D eigenvalue weighted by atomic mass is 10.1. The molecule has 2 aromatic rings. The number of hydrogen-bond donors (Lipinski definition) is 0. The lowest BCUT2D eigenvalue weighted by Gasteiger charge is -2.18. The minimum absolute atomic E-state index is 0.0411. The highest BCUT2D eigenvalue weighted by molar-refractivity contribution is 6.37. The average Bonchev–Trinajstić information content (AvgIpc) is 2.89. The Labute approximate surface area is 136 Å². The van der Waals surface area contributed by atoms with Gasteiger partial charge in [0, 0.05) is 23.7 Å². The van der Waals surface area contributed by atoms with Crippen molar-refractivity contribution in [2.45, 2.75) is 6.42 Å². The molecule has 5 nitrogen and oxygen atoms in total. The van der Waals surface area contributed by atoms with Crippen LogP contribution in [0.5, 0.6) is 0 Å². The highest BCUT2D eigenvalue weighted by atomic mass is 35.5. The molecule has 112 valence electrons. The summed E-state index contributed by atoms with van der Waals surface area (Å²) in [4.78, 5) is 24.6. The third-order valence-corrected chi connectivity index (χ3v) is 4.13. The summed E-state index contributed by atoms with van der Waals surface area (Å²) in [7, 11) is 0. The number of non-ortho nitro benzene ring substituents is 1. The molecule has 0 saturated carbocycles. The van der Waals surface area contributed by atoms with Crippen molar-refractivity contribution < 1.29 is 9.72 Å². The van der Waals surface area contributed by atoms with E-state index in [2.05, 4.69) is 0 Å². The van der Waals surface area contributed by atoms with E-state index in [-0.39, 0.29) is 16.6 Å². The third kappa shape index (κ3) is 2.53. The van der Waals surface area contributed by atoms with Gasteiger partial charge < -0.3 is 4.90 Å².